The second-order valence-electron chi connectivity index (χ2n) is 4.24. The van der Waals surface area contributed by atoms with Crippen LogP contribution in [0.15, 0.2) is 0 Å². The number of nitrogens with one attached hydrogen (secondary N) is 1. The number of aryl methyl sites for hydroxylation is 1. The molecule has 0 atom stereocenters. The summed E-state index contributed by atoms with van der Waals surface area (Å²) in [6, 6.07) is 0. The number of rotatable bonds is 5. The molecule has 0 bridgehead atoms. The quantitative estimate of drug-likeness (QED) is 0.637. The van der Waals surface area contributed by atoms with Crippen LogP contribution in [0.5, 0.6) is 5.88 Å². The highest BCUT2D eigenvalue weighted by Crippen LogP contribution is 2.32. The first kappa shape index (κ1) is 12.5. The molecule has 0 aromatic carbocycles. The van der Waals surface area contributed by atoms with Crippen molar-refractivity contribution in [3.05, 3.63) is 15.8 Å². The standard InChI is InChI=1S/C11H16N4O3/c1-3-12-11-13-7(2)9(15(16)17)10(14-11)18-8-5-4-6-8/h8H,3-6H2,1-2H3,(H,12,13,14). The van der Waals surface area contributed by atoms with E-state index >= 15 is 0 Å². The van der Waals surface area contributed by atoms with E-state index in [9.17, 15) is 10.1 Å². The van der Waals surface area contributed by atoms with Crippen LogP contribution < -0.4 is 10.1 Å². The van der Waals surface area contributed by atoms with E-state index in [0.717, 1.165) is 19.3 Å². The van der Waals surface area contributed by atoms with Crippen molar-refractivity contribution < 1.29 is 9.66 Å². The normalized spacial score (nSPS) is 15.0. The molecule has 1 aromatic rings. The summed E-state index contributed by atoms with van der Waals surface area (Å²) in [6.07, 6.45) is 3.00. The number of hydrogen-bond acceptors (Lipinski definition) is 6. The molecule has 0 amide bonds. The van der Waals surface area contributed by atoms with E-state index in [-0.39, 0.29) is 17.7 Å². The Kier molecular flexibility index (Phi) is 3.59. The van der Waals surface area contributed by atoms with Crippen molar-refractivity contribution in [2.24, 2.45) is 0 Å². The van der Waals surface area contributed by atoms with Crippen molar-refractivity contribution >= 4 is 11.6 Å². The fraction of sp³-hybridized carbons (Fsp3) is 0.636. The van der Waals surface area contributed by atoms with Crippen LogP contribution in [0.4, 0.5) is 11.6 Å². The van der Waals surface area contributed by atoms with E-state index in [0.29, 0.717) is 18.2 Å². The van der Waals surface area contributed by atoms with Gasteiger partial charge in [-0.2, -0.15) is 4.98 Å². The van der Waals surface area contributed by atoms with Gasteiger partial charge in [-0.1, -0.05) is 0 Å². The van der Waals surface area contributed by atoms with Crippen LogP contribution in [-0.4, -0.2) is 27.5 Å². The average Bonchev–Trinajstić information content (AvgIpc) is 2.22. The third-order valence-corrected chi connectivity index (χ3v) is 2.87. The zero-order valence-electron chi connectivity index (χ0n) is 10.5. The Labute approximate surface area is 105 Å². The third-order valence-electron chi connectivity index (χ3n) is 2.87. The van der Waals surface area contributed by atoms with Crippen molar-refractivity contribution in [2.75, 3.05) is 11.9 Å². The maximum atomic E-state index is 11.0. The predicted octanol–water partition coefficient (Wildman–Crippen LogP) is 2.06. The smallest absolute Gasteiger partial charge is 0.352 e. The molecular weight excluding hydrogens is 236 g/mol. The van der Waals surface area contributed by atoms with Gasteiger partial charge < -0.3 is 10.1 Å². The second kappa shape index (κ2) is 5.16. The summed E-state index contributed by atoms with van der Waals surface area (Å²) in [5, 5.41) is 14.0. The van der Waals surface area contributed by atoms with E-state index in [1.54, 1.807) is 6.92 Å². The number of ether oxygens (including phenoxy) is 1. The molecule has 0 radical (unpaired) electrons. The number of aromatic nitrogens is 2. The molecule has 1 N–H and O–H groups in total. The summed E-state index contributed by atoms with van der Waals surface area (Å²) in [4.78, 5) is 18.7. The largest absolute Gasteiger partial charge is 0.469 e. The Morgan fingerprint density at radius 2 is 2.22 bits per heavy atom. The molecule has 0 unspecified atom stereocenters. The first-order valence-corrected chi connectivity index (χ1v) is 6.05. The Hall–Kier alpha value is -1.92. The maximum Gasteiger partial charge on any atom is 0.352 e. The third kappa shape index (κ3) is 2.49. The Morgan fingerprint density at radius 1 is 1.50 bits per heavy atom. The topological polar surface area (TPSA) is 90.2 Å². The molecule has 7 heteroatoms. The molecule has 2 rings (SSSR count). The monoisotopic (exact) mass is 252 g/mol. The van der Waals surface area contributed by atoms with Crippen molar-refractivity contribution in [3.8, 4) is 5.88 Å². The highest BCUT2D eigenvalue weighted by molar-refractivity contribution is 5.48. The minimum Gasteiger partial charge on any atom is -0.469 e. The van der Waals surface area contributed by atoms with Crippen LogP contribution in [0.1, 0.15) is 31.9 Å². The number of hydrogen-bond donors (Lipinski definition) is 1. The molecule has 1 aliphatic carbocycles. The molecule has 1 aromatic heterocycles. The molecule has 7 nitrogen and oxygen atoms in total. The number of nitro groups is 1. The molecule has 1 fully saturated rings. The van der Waals surface area contributed by atoms with E-state index in [1.807, 2.05) is 6.92 Å². The van der Waals surface area contributed by atoms with Crippen molar-refractivity contribution in [1.29, 1.82) is 0 Å². The van der Waals surface area contributed by atoms with Gasteiger partial charge in [-0.3, -0.25) is 10.1 Å². The zero-order valence-corrected chi connectivity index (χ0v) is 10.5. The van der Waals surface area contributed by atoms with Crippen LogP contribution in [0.2, 0.25) is 0 Å². The van der Waals surface area contributed by atoms with E-state index in [2.05, 4.69) is 15.3 Å². The molecule has 1 heterocycles. The fourth-order valence-corrected chi connectivity index (χ4v) is 1.72. The minimum absolute atomic E-state index is 0.0486. The number of nitrogens with zero attached hydrogens (tertiary/aromatic N) is 3. The van der Waals surface area contributed by atoms with Gasteiger partial charge in [0.2, 0.25) is 5.95 Å². The van der Waals surface area contributed by atoms with Crippen LogP contribution in [-0.2, 0) is 0 Å². The van der Waals surface area contributed by atoms with Crippen molar-refractivity contribution in [2.45, 2.75) is 39.2 Å². The van der Waals surface area contributed by atoms with Gasteiger partial charge in [0.15, 0.2) is 0 Å². The summed E-state index contributed by atoms with van der Waals surface area (Å²) in [5.74, 6) is 0.447. The summed E-state index contributed by atoms with van der Waals surface area (Å²) in [5.41, 5.74) is 0.184. The fourth-order valence-electron chi connectivity index (χ4n) is 1.72. The van der Waals surface area contributed by atoms with Gasteiger partial charge in [0.05, 0.1) is 4.92 Å². The second-order valence-corrected chi connectivity index (χ2v) is 4.24. The molecule has 1 aliphatic rings. The lowest BCUT2D eigenvalue weighted by Gasteiger charge is -2.25. The average molecular weight is 252 g/mol. The molecule has 0 aliphatic heterocycles. The van der Waals surface area contributed by atoms with E-state index < -0.39 is 4.92 Å². The van der Waals surface area contributed by atoms with Crippen molar-refractivity contribution in [3.63, 3.8) is 0 Å². The van der Waals surface area contributed by atoms with Gasteiger partial charge in [0.1, 0.15) is 11.8 Å². The lowest BCUT2D eigenvalue weighted by atomic mass is 9.96. The Bertz CT molecular complexity index is 460. The van der Waals surface area contributed by atoms with Gasteiger partial charge in [0.25, 0.3) is 5.88 Å². The van der Waals surface area contributed by atoms with E-state index in [1.165, 1.54) is 0 Å². The summed E-state index contributed by atoms with van der Waals surface area (Å²) >= 11 is 0. The SMILES string of the molecule is CCNc1nc(C)c([N+](=O)[O-])c(OC2CCC2)n1. The summed E-state index contributed by atoms with van der Waals surface area (Å²) in [7, 11) is 0. The molecule has 1 saturated carbocycles. The Balaban J connectivity index is 2.33. The van der Waals surface area contributed by atoms with Crippen LogP contribution >= 0.6 is 0 Å². The van der Waals surface area contributed by atoms with Crippen LogP contribution in [0.3, 0.4) is 0 Å². The number of anilines is 1. The van der Waals surface area contributed by atoms with Gasteiger partial charge in [-0.25, -0.2) is 4.98 Å². The lowest BCUT2D eigenvalue weighted by molar-refractivity contribution is -0.387. The molecule has 18 heavy (non-hydrogen) atoms. The highest BCUT2D eigenvalue weighted by atomic mass is 16.6. The summed E-state index contributed by atoms with van der Waals surface area (Å²) in [6.45, 7) is 4.15. The molecule has 0 spiro atoms. The van der Waals surface area contributed by atoms with Gasteiger partial charge in [-0.15, -0.1) is 0 Å². The van der Waals surface area contributed by atoms with Crippen LogP contribution in [0.25, 0.3) is 0 Å². The predicted molar refractivity (Wildman–Crippen MR) is 65.9 cm³/mol. The first-order chi connectivity index (χ1) is 8.61. The molecular formula is C11H16N4O3. The van der Waals surface area contributed by atoms with E-state index in [4.69, 9.17) is 4.74 Å². The minimum atomic E-state index is -0.487. The molecule has 98 valence electrons. The Morgan fingerprint density at radius 3 is 2.72 bits per heavy atom. The highest BCUT2D eigenvalue weighted by Gasteiger charge is 2.28. The van der Waals surface area contributed by atoms with Crippen molar-refractivity contribution in [1.82, 2.24) is 9.97 Å². The van der Waals surface area contributed by atoms with Crippen LogP contribution in [0, 0.1) is 17.0 Å². The maximum absolute atomic E-state index is 11.0. The van der Waals surface area contributed by atoms with Gasteiger partial charge >= 0.3 is 5.69 Å². The first-order valence-electron chi connectivity index (χ1n) is 6.05. The van der Waals surface area contributed by atoms with Gasteiger partial charge in [-0.05, 0) is 33.1 Å². The van der Waals surface area contributed by atoms with Gasteiger partial charge in [0, 0.05) is 6.54 Å². The lowest BCUT2D eigenvalue weighted by Crippen LogP contribution is -2.25. The summed E-state index contributed by atoms with van der Waals surface area (Å²) < 4.78 is 5.58. The zero-order chi connectivity index (χ0) is 13.1. The molecule has 0 saturated heterocycles.